The maximum Gasteiger partial charge on any atom is 0.279 e. The van der Waals surface area contributed by atoms with Gasteiger partial charge in [0.15, 0.2) is 0 Å². The molecule has 0 rings (SSSR count). The van der Waals surface area contributed by atoms with Crippen molar-refractivity contribution >= 4 is 16.1 Å². The molecule has 0 aromatic rings. The lowest BCUT2D eigenvalue weighted by molar-refractivity contribution is -0.120. The van der Waals surface area contributed by atoms with E-state index in [-0.39, 0.29) is 12.5 Å². The summed E-state index contributed by atoms with van der Waals surface area (Å²) < 4.78 is 31.6. The zero-order chi connectivity index (χ0) is 14.0. The van der Waals surface area contributed by atoms with Gasteiger partial charge in [-0.05, 0) is 6.42 Å². The van der Waals surface area contributed by atoms with Gasteiger partial charge in [0.25, 0.3) is 10.2 Å². The van der Waals surface area contributed by atoms with Crippen molar-refractivity contribution in [2.45, 2.75) is 19.8 Å². The first kappa shape index (κ1) is 17.3. The van der Waals surface area contributed by atoms with Gasteiger partial charge >= 0.3 is 0 Å². The number of carbonyl (C=O) groups excluding carboxylic acids is 1. The van der Waals surface area contributed by atoms with E-state index in [1.54, 1.807) is 0 Å². The smallest absolute Gasteiger partial charge is 0.279 e. The van der Waals surface area contributed by atoms with Gasteiger partial charge in [0.05, 0.1) is 13.2 Å². The number of nitrogens with one attached hydrogen (secondary N) is 2. The van der Waals surface area contributed by atoms with Gasteiger partial charge in [-0.25, -0.2) is 0 Å². The molecule has 108 valence electrons. The molecular formula is C10H23N3O4S. The van der Waals surface area contributed by atoms with Crippen molar-refractivity contribution in [2.75, 3.05) is 40.4 Å². The van der Waals surface area contributed by atoms with Gasteiger partial charge in [0.1, 0.15) is 0 Å². The van der Waals surface area contributed by atoms with Crippen LogP contribution in [0.2, 0.25) is 0 Å². The molecule has 18 heavy (non-hydrogen) atoms. The van der Waals surface area contributed by atoms with E-state index in [9.17, 15) is 13.2 Å². The maximum atomic E-state index is 11.7. The van der Waals surface area contributed by atoms with Crippen LogP contribution in [-0.2, 0) is 19.7 Å². The van der Waals surface area contributed by atoms with E-state index >= 15 is 0 Å². The van der Waals surface area contributed by atoms with E-state index in [4.69, 9.17) is 4.74 Å². The molecule has 0 aliphatic rings. The average Bonchev–Trinajstić information content (AvgIpc) is 2.33. The van der Waals surface area contributed by atoms with Crippen molar-refractivity contribution in [1.29, 1.82) is 0 Å². The number of ether oxygens (including phenoxy) is 1. The largest absolute Gasteiger partial charge is 0.383 e. The molecule has 0 saturated carbocycles. The third-order valence-corrected chi connectivity index (χ3v) is 3.79. The Bertz CT molecular complexity index is 332. The minimum absolute atomic E-state index is 0.261. The number of hydrogen-bond donors (Lipinski definition) is 2. The molecule has 0 aliphatic carbocycles. The van der Waals surface area contributed by atoms with E-state index in [0.29, 0.717) is 19.7 Å². The van der Waals surface area contributed by atoms with Crippen LogP contribution in [0.25, 0.3) is 0 Å². The van der Waals surface area contributed by atoms with Gasteiger partial charge in [-0.3, -0.25) is 4.79 Å². The summed E-state index contributed by atoms with van der Waals surface area (Å²) in [4.78, 5) is 11.3. The van der Waals surface area contributed by atoms with Gasteiger partial charge in [0, 0.05) is 27.2 Å². The second kappa shape index (κ2) is 9.26. The minimum Gasteiger partial charge on any atom is -0.383 e. The van der Waals surface area contributed by atoms with E-state index < -0.39 is 10.2 Å². The lowest BCUT2D eigenvalue weighted by Gasteiger charge is -2.17. The first-order valence-corrected chi connectivity index (χ1v) is 7.34. The van der Waals surface area contributed by atoms with Crippen molar-refractivity contribution in [3.05, 3.63) is 0 Å². The molecule has 0 unspecified atom stereocenters. The van der Waals surface area contributed by atoms with Crippen molar-refractivity contribution in [2.24, 2.45) is 0 Å². The molecule has 0 aromatic heterocycles. The average molecular weight is 281 g/mol. The first-order chi connectivity index (χ1) is 8.44. The third kappa shape index (κ3) is 7.59. The predicted octanol–water partition coefficient (Wildman–Crippen LogP) is -0.685. The molecule has 0 saturated heterocycles. The minimum atomic E-state index is -3.57. The zero-order valence-corrected chi connectivity index (χ0v) is 12.0. The maximum absolute atomic E-state index is 11.7. The molecule has 0 radical (unpaired) electrons. The normalized spacial score (nSPS) is 11.8. The number of rotatable bonds is 10. The van der Waals surface area contributed by atoms with Crippen LogP contribution >= 0.6 is 0 Å². The molecule has 8 heteroatoms. The number of methoxy groups -OCH3 is 1. The van der Waals surface area contributed by atoms with Crippen molar-refractivity contribution in [1.82, 2.24) is 14.3 Å². The lowest BCUT2D eigenvalue weighted by atomic mass is 10.3. The van der Waals surface area contributed by atoms with Crippen LogP contribution in [0.3, 0.4) is 0 Å². The highest BCUT2D eigenvalue weighted by Crippen LogP contribution is 1.97. The van der Waals surface area contributed by atoms with Crippen LogP contribution in [-0.4, -0.2) is 59.0 Å². The fourth-order valence-electron chi connectivity index (χ4n) is 1.12. The predicted molar refractivity (Wildman–Crippen MR) is 69.3 cm³/mol. The fourth-order valence-corrected chi connectivity index (χ4v) is 2.03. The number of nitrogens with zero attached hydrogens (tertiary/aromatic N) is 1. The van der Waals surface area contributed by atoms with E-state index in [2.05, 4.69) is 10.0 Å². The number of hydrogen-bond acceptors (Lipinski definition) is 4. The Morgan fingerprint density at radius 3 is 2.61 bits per heavy atom. The monoisotopic (exact) mass is 281 g/mol. The summed E-state index contributed by atoms with van der Waals surface area (Å²) in [5, 5.41) is 2.53. The Morgan fingerprint density at radius 1 is 1.39 bits per heavy atom. The molecule has 0 fully saturated rings. The second-order valence-corrected chi connectivity index (χ2v) is 5.71. The SMILES string of the molecule is CCCCN(C)S(=O)(=O)NCC(=O)NCCOC. The van der Waals surface area contributed by atoms with Crippen molar-refractivity contribution in [3.8, 4) is 0 Å². The van der Waals surface area contributed by atoms with Crippen LogP contribution in [0.15, 0.2) is 0 Å². The van der Waals surface area contributed by atoms with Crippen molar-refractivity contribution in [3.63, 3.8) is 0 Å². The lowest BCUT2D eigenvalue weighted by Crippen LogP contribution is -2.44. The zero-order valence-electron chi connectivity index (χ0n) is 11.2. The van der Waals surface area contributed by atoms with Crippen LogP contribution in [0, 0.1) is 0 Å². The summed E-state index contributed by atoms with van der Waals surface area (Å²) in [5.41, 5.74) is 0. The molecule has 0 atom stereocenters. The highest BCUT2D eigenvalue weighted by atomic mass is 32.2. The summed E-state index contributed by atoms with van der Waals surface area (Å²) in [5.74, 6) is -0.375. The van der Waals surface area contributed by atoms with E-state index in [1.807, 2.05) is 6.92 Å². The Labute approximate surface area is 109 Å². The number of amides is 1. The topological polar surface area (TPSA) is 87.7 Å². The van der Waals surface area contributed by atoms with Crippen LogP contribution in [0.4, 0.5) is 0 Å². The summed E-state index contributed by atoms with van der Waals surface area (Å²) in [6.07, 6.45) is 1.70. The van der Waals surface area contributed by atoms with E-state index in [1.165, 1.54) is 18.5 Å². The van der Waals surface area contributed by atoms with Crippen molar-refractivity contribution < 1.29 is 17.9 Å². The molecule has 2 N–H and O–H groups in total. The standard InChI is InChI=1S/C10H23N3O4S/c1-4-5-7-13(2)18(15,16)12-9-10(14)11-6-8-17-3/h12H,4-9H2,1-3H3,(H,11,14). The number of unbranched alkanes of at least 4 members (excludes halogenated alkanes) is 1. The Hall–Kier alpha value is -0.700. The summed E-state index contributed by atoms with van der Waals surface area (Å²) in [6, 6.07) is 0. The molecule has 0 aliphatic heterocycles. The Morgan fingerprint density at radius 2 is 2.06 bits per heavy atom. The molecule has 0 spiro atoms. The summed E-state index contributed by atoms with van der Waals surface area (Å²) in [7, 11) is -0.555. The Balaban J connectivity index is 3.98. The van der Waals surface area contributed by atoms with Gasteiger partial charge in [-0.15, -0.1) is 0 Å². The fraction of sp³-hybridized carbons (Fsp3) is 0.900. The highest BCUT2D eigenvalue weighted by molar-refractivity contribution is 7.87. The number of carbonyl (C=O) groups is 1. The van der Waals surface area contributed by atoms with Gasteiger partial charge < -0.3 is 10.1 Å². The molecular weight excluding hydrogens is 258 g/mol. The third-order valence-electron chi connectivity index (χ3n) is 2.28. The van der Waals surface area contributed by atoms with Crippen LogP contribution < -0.4 is 10.0 Å². The van der Waals surface area contributed by atoms with E-state index in [0.717, 1.165) is 12.8 Å². The van der Waals surface area contributed by atoms with Gasteiger partial charge in [-0.1, -0.05) is 13.3 Å². The quantitative estimate of drug-likeness (QED) is 0.519. The molecule has 1 amide bonds. The molecule has 0 aromatic carbocycles. The Kier molecular flexibility index (Phi) is 8.90. The van der Waals surface area contributed by atoms with Crippen LogP contribution in [0.5, 0.6) is 0 Å². The second-order valence-electron chi connectivity index (χ2n) is 3.84. The molecule has 0 bridgehead atoms. The summed E-state index contributed by atoms with van der Waals surface area (Å²) >= 11 is 0. The molecule has 0 heterocycles. The van der Waals surface area contributed by atoms with Gasteiger partial charge in [0.2, 0.25) is 5.91 Å². The first-order valence-electron chi connectivity index (χ1n) is 5.90. The highest BCUT2D eigenvalue weighted by Gasteiger charge is 2.17. The summed E-state index contributed by atoms with van der Waals surface area (Å²) in [6.45, 7) is 2.93. The van der Waals surface area contributed by atoms with Crippen LogP contribution in [0.1, 0.15) is 19.8 Å². The van der Waals surface area contributed by atoms with Gasteiger partial charge in [-0.2, -0.15) is 17.4 Å². The molecule has 7 nitrogen and oxygen atoms in total.